The maximum Gasteiger partial charge on any atom is 0.0991 e. The number of nitriles is 1. The quantitative estimate of drug-likeness (QED) is 0.761. The van der Waals surface area contributed by atoms with Crippen molar-refractivity contribution in [3.05, 3.63) is 35.4 Å². The van der Waals surface area contributed by atoms with E-state index in [9.17, 15) is 0 Å². The first kappa shape index (κ1) is 10.2. The minimum atomic E-state index is 0.0627. The third-order valence-electron chi connectivity index (χ3n) is 1.84. The van der Waals surface area contributed by atoms with Gasteiger partial charge in [-0.3, -0.25) is 0 Å². The summed E-state index contributed by atoms with van der Waals surface area (Å²) in [6, 6.07) is 9.49. The molecule has 68 valence electrons. The third-order valence-corrected chi connectivity index (χ3v) is 2.42. The third kappa shape index (κ3) is 2.55. The molecular formula is C10H10BrNO. The topological polar surface area (TPSA) is 33.0 Å². The van der Waals surface area contributed by atoms with E-state index in [4.69, 9.17) is 10.00 Å². The fourth-order valence-electron chi connectivity index (χ4n) is 1.06. The highest BCUT2D eigenvalue weighted by Crippen LogP contribution is 2.18. The Hall–Kier alpha value is -0.850. The smallest absolute Gasteiger partial charge is 0.0991 e. The van der Waals surface area contributed by atoms with E-state index in [2.05, 4.69) is 22.0 Å². The summed E-state index contributed by atoms with van der Waals surface area (Å²) in [5.41, 5.74) is 1.76. The van der Waals surface area contributed by atoms with Gasteiger partial charge in [0.2, 0.25) is 0 Å². The molecule has 2 nitrogen and oxygen atoms in total. The highest BCUT2D eigenvalue weighted by Gasteiger charge is 2.07. The number of halogens is 1. The second kappa shape index (κ2) is 5.00. The lowest BCUT2D eigenvalue weighted by Gasteiger charge is -2.11. The second-order valence-corrected chi connectivity index (χ2v) is 3.26. The molecule has 1 atom stereocenters. The minimum Gasteiger partial charge on any atom is -0.376 e. The standard InChI is InChI=1S/C10H10BrNO/c1-13-10(6-11)9-4-2-8(7-12)3-5-9/h2-5,10H,6H2,1H3/t10-/m1/s1. The Labute approximate surface area is 86.3 Å². The van der Waals surface area contributed by atoms with E-state index in [0.717, 1.165) is 10.9 Å². The molecule has 0 spiro atoms. The van der Waals surface area contributed by atoms with Gasteiger partial charge < -0.3 is 4.74 Å². The zero-order valence-corrected chi connectivity index (χ0v) is 8.91. The number of alkyl halides is 1. The summed E-state index contributed by atoms with van der Waals surface area (Å²) < 4.78 is 5.23. The van der Waals surface area contributed by atoms with Crippen LogP contribution in [-0.2, 0) is 4.74 Å². The molecule has 0 unspecified atom stereocenters. The number of methoxy groups -OCH3 is 1. The first-order chi connectivity index (χ1) is 6.31. The Morgan fingerprint density at radius 3 is 2.46 bits per heavy atom. The number of benzene rings is 1. The van der Waals surface area contributed by atoms with Crippen LogP contribution in [0.15, 0.2) is 24.3 Å². The summed E-state index contributed by atoms with van der Waals surface area (Å²) in [5, 5.41) is 9.35. The molecule has 1 aromatic rings. The zero-order chi connectivity index (χ0) is 9.68. The summed E-state index contributed by atoms with van der Waals surface area (Å²) in [6.07, 6.45) is 0.0627. The monoisotopic (exact) mass is 239 g/mol. The molecule has 0 amide bonds. The van der Waals surface area contributed by atoms with Crippen molar-refractivity contribution < 1.29 is 4.74 Å². The summed E-state index contributed by atoms with van der Waals surface area (Å²) in [6.45, 7) is 0. The number of rotatable bonds is 3. The normalized spacial score (nSPS) is 12.1. The van der Waals surface area contributed by atoms with Crippen molar-refractivity contribution in [3.8, 4) is 6.07 Å². The Morgan fingerprint density at radius 1 is 1.46 bits per heavy atom. The molecule has 0 N–H and O–H groups in total. The van der Waals surface area contributed by atoms with Gasteiger partial charge in [-0.1, -0.05) is 28.1 Å². The molecule has 0 bridgehead atoms. The molecule has 0 aliphatic rings. The van der Waals surface area contributed by atoms with Gasteiger partial charge in [0, 0.05) is 12.4 Å². The summed E-state index contributed by atoms with van der Waals surface area (Å²) >= 11 is 3.36. The number of hydrogen-bond donors (Lipinski definition) is 0. The van der Waals surface area contributed by atoms with Gasteiger partial charge in [0.15, 0.2) is 0 Å². The van der Waals surface area contributed by atoms with E-state index in [1.807, 2.05) is 12.1 Å². The van der Waals surface area contributed by atoms with Gasteiger partial charge in [-0.25, -0.2) is 0 Å². The molecule has 0 heterocycles. The molecule has 1 rings (SSSR count). The number of hydrogen-bond acceptors (Lipinski definition) is 2. The van der Waals surface area contributed by atoms with Crippen LogP contribution < -0.4 is 0 Å². The van der Waals surface area contributed by atoms with E-state index in [-0.39, 0.29) is 6.10 Å². The van der Waals surface area contributed by atoms with Crippen molar-refractivity contribution in [1.29, 1.82) is 5.26 Å². The van der Waals surface area contributed by atoms with Crippen molar-refractivity contribution in [1.82, 2.24) is 0 Å². The first-order valence-corrected chi connectivity index (χ1v) is 5.02. The van der Waals surface area contributed by atoms with Crippen molar-refractivity contribution in [2.24, 2.45) is 0 Å². The van der Waals surface area contributed by atoms with Gasteiger partial charge in [-0.2, -0.15) is 5.26 Å². The van der Waals surface area contributed by atoms with Crippen molar-refractivity contribution in [2.75, 3.05) is 12.4 Å². The van der Waals surface area contributed by atoms with Crippen LogP contribution in [0.4, 0.5) is 0 Å². The van der Waals surface area contributed by atoms with Crippen LogP contribution >= 0.6 is 15.9 Å². The van der Waals surface area contributed by atoms with Crippen molar-refractivity contribution >= 4 is 15.9 Å². The molecule has 0 aliphatic carbocycles. The molecule has 1 aromatic carbocycles. The molecule has 0 radical (unpaired) electrons. The largest absolute Gasteiger partial charge is 0.376 e. The summed E-state index contributed by atoms with van der Waals surface area (Å²) in [4.78, 5) is 0. The van der Waals surface area contributed by atoms with E-state index < -0.39 is 0 Å². The highest BCUT2D eigenvalue weighted by molar-refractivity contribution is 9.09. The lowest BCUT2D eigenvalue weighted by atomic mass is 10.1. The van der Waals surface area contributed by atoms with Crippen molar-refractivity contribution in [3.63, 3.8) is 0 Å². The molecule has 0 aromatic heterocycles. The van der Waals surface area contributed by atoms with Crippen LogP contribution in [0.5, 0.6) is 0 Å². The molecule has 0 saturated heterocycles. The van der Waals surface area contributed by atoms with E-state index in [0.29, 0.717) is 5.56 Å². The maximum atomic E-state index is 8.59. The average Bonchev–Trinajstić information content (AvgIpc) is 2.21. The van der Waals surface area contributed by atoms with Crippen LogP contribution in [-0.4, -0.2) is 12.4 Å². The van der Waals surface area contributed by atoms with Crippen LogP contribution in [0.25, 0.3) is 0 Å². The maximum absolute atomic E-state index is 8.59. The number of nitrogens with zero attached hydrogens (tertiary/aromatic N) is 1. The van der Waals surface area contributed by atoms with E-state index in [1.54, 1.807) is 19.2 Å². The molecular weight excluding hydrogens is 230 g/mol. The van der Waals surface area contributed by atoms with Crippen LogP contribution in [0.1, 0.15) is 17.2 Å². The van der Waals surface area contributed by atoms with Crippen LogP contribution in [0, 0.1) is 11.3 Å². The van der Waals surface area contributed by atoms with Crippen molar-refractivity contribution in [2.45, 2.75) is 6.10 Å². The Kier molecular flexibility index (Phi) is 3.94. The Bertz CT molecular complexity index is 298. The SMILES string of the molecule is CO[C@H](CBr)c1ccc(C#N)cc1. The lowest BCUT2D eigenvalue weighted by molar-refractivity contribution is 0.124. The predicted molar refractivity (Wildman–Crippen MR) is 54.7 cm³/mol. The van der Waals surface area contributed by atoms with Gasteiger partial charge in [-0.15, -0.1) is 0 Å². The lowest BCUT2D eigenvalue weighted by Crippen LogP contribution is -2.02. The van der Waals surface area contributed by atoms with Gasteiger partial charge in [0.1, 0.15) is 0 Å². The summed E-state index contributed by atoms with van der Waals surface area (Å²) in [5.74, 6) is 0. The van der Waals surface area contributed by atoms with E-state index in [1.165, 1.54) is 0 Å². The van der Waals surface area contributed by atoms with Gasteiger partial charge in [0.25, 0.3) is 0 Å². The fraction of sp³-hybridized carbons (Fsp3) is 0.300. The molecule has 0 fully saturated rings. The molecule has 13 heavy (non-hydrogen) atoms. The van der Waals surface area contributed by atoms with Gasteiger partial charge in [0.05, 0.1) is 17.7 Å². The minimum absolute atomic E-state index is 0.0627. The zero-order valence-electron chi connectivity index (χ0n) is 7.33. The molecule has 3 heteroatoms. The summed E-state index contributed by atoms with van der Waals surface area (Å²) in [7, 11) is 1.67. The van der Waals surface area contributed by atoms with E-state index >= 15 is 0 Å². The Morgan fingerprint density at radius 2 is 2.08 bits per heavy atom. The fourth-order valence-corrected chi connectivity index (χ4v) is 1.70. The van der Waals surface area contributed by atoms with Gasteiger partial charge in [-0.05, 0) is 17.7 Å². The highest BCUT2D eigenvalue weighted by atomic mass is 79.9. The predicted octanol–water partition coefficient (Wildman–Crippen LogP) is 2.64. The average molecular weight is 240 g/mol. The Balaban J connectivity index is 2.85. The number of ether oxygens (including phenoxy) is 1. The van der Waals surface area contributed by atoms with Crippen LogP contribution in [0.2, 0.25) is 0 Å². The van der Waals surface area contributed by atoms with Gasteiger partial charge >= 0.3 is 0 Å². The second-order valence-electron chi connectivity index (χ2n) is 2.61. The van der Waals surface area contributed by atoms with Crippen LogP contribution in [0.3, 0.4) is 0 Å². The molecule has 0 aliphatic heterocycles. The first-order valence-electron chi connectivity index (χ1n) is 3.90. The molecule has 0 saturated carbocycles.